The standard InChI is InChI=1S/C23H34O6SSi/c1-6-8-15-28-22(24)17-20(30(26,27)19-13-11-10-12-14-19)21(31(3,4)5)18-23(25)29-16-9-7-2/h10-14,17-18H,6-9,15-16H2,1-5H3/b20-17+,21-18-. The van der Waals surface area contributed by atoms with E-state index < -0.39 is 29.8 Å². The number of carbonyl (C=O) groups excluding carboxylic acids is 2. The van der Waals surface area contributed by atoms with E-state index in [2.05, 4.69) is 0 Å². The molecule has 6 nitrogen and oxygen atoms in total. The van der Waals surface area contributed by atoms with E-state index in [0.29, 0.717) is 11.6 Å². The lowest BCUT2D eigenvalue weighted by Crippen LogP contribution is -2.30. The van der Waals surface area contributed by atoms with Crippen LogP contribution in [0.5, 0.6) is 0 Å². The zero-order chi connectivity index (χ0) is 23.5. The molecule has 0 aliphatic carbocycles. The molecule has 0 aliphatic heterocycles. The summed E-state index contributed by atoms with van der Waals surface area (Å²) in [5.41, 5.74) is 0. The number of hydrogen-bond donors (Lipinski definition) is 0. The van der Waals surface area contributed by atoms with Gasteiger partial charge in [-0.3, -0.25) is 0 Å². The summed E-state index contributed by atoms with van der Waals surface area (Å²) in [7, 11) is -6.46. The minimum absolute atomic E-state index is 0.0473. The summed E-state index contributed by atoms with van der Waals surface area (Å²) in [6, 6.07) is 7.86. The lowest BCUT2D eigenvalue weighted by Gasteiger charge is -2.23. The quantitative estimate of drug-likeness (QED) is 0.144. The smallest absolute Gasteiger partial charge is 0.332 e. The Balaban J connectivity index is 3.53. The molecule has 0 atom stereocenters. The van der Waals surface area contributed by atoms with Crippen molar-refractivity contribution >= 4 is 29.8 Å². The fraction of sp³-hybridized carbons (Fsp3) is 0.478. The molecule has 0 amide bonds. The van der Waals surface area contributed by atoms with Crippen LogP contribution < -0.4 is 0 Å². The van der Waals surface area contributed by atoms with Gasteiger partial charge in [-0.25, -0.2) is 18.0 Å². The van der Waals surface area contributed by atoms with Crippen LogP contribution in [0.2, 0.25) is 19.6 Å². The van der Waals surface area contributed by atoms with Gasteiger partial charge < -0.3 is 9.47 Å². The van der Waals surface area contributed by atoms with Gasteiger partial charge in [0.1, 0.15) is 0 Å². The minimum atomic E-state index is -4.06. The summed E-state index contributed by atoms with van der Waals surface area (Å²) in [4.78, 5) is 24.7. The van der Waals surface area contributed by atoms with Gasteiger partial charge in [-0.05, 0) is 30.2 Å². The average molecular weight is 467 g/mol. The van der Waals surface area contributed by atoms with Gasteiger partial charge in [0.15, 0.2) is 0 Å². The molecule has 0 aromatic heterocycles. The SMILES string of the molecule is CCCCOC(=O)/C=C(/C(=C\C(=O)OCCCC)S(=O)(=O)c1ccccc1)[Si](C)(C)C. The van der Waals surface area contributed by atoms with Gasteiger partial charge in [0.05, 0.1) is 31.1 Å². The van der Waals surface area contributed by atoms with Crippen molar-refractivity contribution in [3.8, 4) is 0 Å². The third-order valence-corrected chi connectivity index (χ3v) is 8.43. The van der Waals surface area contributed by atoms with E-state index in [-0.39, 0.29) is 23.0 Å². The number of benzene rings is 1. The second-order valence-corrected chi connectivity index (χ2v) is 15.1. The lowest BCUT2D eigenvalue weighted by atomic mass is 10.3. The van der Waals surface area contributed by atoms with E-state index in [9.17, 15) is 18.0 Å². The maximum absolute atomic E-state index is 13.5. The molecule has 0 spiro atoms. The number of esters is 2. The monoisotopic (exact) mass is 466 g/mol. The molecular formula is C23H34O6SSi. The third-order valence-electron chi connectivity index (χ3n) is 4.41. The highest BCUT2D eigenvalue weighted by Crippen LogP contribution is 2.31. The molecule has 1 aromatic carbocycles. The van der Waals surface area contributed by atoms with Crippen LogP contribution in [0.4, 0.5) is 0 Å². The van der Waals surface area contributed by atoms with Crippen LogP contribution in [0.1, 0.15) is 39.5 Å². The molecule has 0 unspecified atom stereocenters. The number of hydrogen-bond acceptors (Lipinski definition) is 6. The number of carbonyl (C=O) groups is 2. The molecule has 8 heteroatoms. The molecule has 172 valence electrons. The maximum Gasteiger partial charge on any atom is 0.332 e. The molecule has 1 rings (SSSR count). The third kappa shape index (κ3) is 8.83. The van der Waals surface area contributed by atoms with E-state index >= 15 is 0 Å². The normalized spacial score (nSPS) is 13.1. The van der Waals surface area contributed by atoms with Crippen molar-refractivity contribution in [2.45, 2.75) is 64.1 Å². The second-order valence-electron chi connectivity index (χ2n) is 8.18. The highest BCUT2D eigenvalue weighted by molar-refractivity contribution is 7.95. The van der Waals surface area contributed by atoms with Crippen molar-refractivity contribution in [1.82, 2.24) is 0 Å². The predicted molar refractivity (Wildman–Crippen MR) is 125 cm³/mol. The Morgan fingerprint density at radius 3 is 1.81 bits per heavy atom. The summed E-state index contributed by atoms with van der Waals surface area (Å²) in [5.74, 6) is -1.36. The van der Waals surface area contributed by atoms with Gasteiger partial charge >= 0.3 is 11.9 Å². The van der Waals surface area contributed by atoms with Crippen molar-refractivity contribution in [2.24, 2.45) is 0 Å². The molecule has 0 saturated carbocycles. The average Bonchev–Trinajstić information content (AvgIpc) is 2.70. The van der Waals surface area contributed by atoms with Crippen LogP contribution in [-0.2, 0) is 28.9 Å². The number of ether oxygens (including phenoxy) is 2. The van der Waals surface area contributed by atoms with Crippen molar-refractivity contribution in [1.29, 1.82) is 0 Å². The Kier molecular flexibility index (Phi) is 10.9. The molecule has 0 radical (unpaired) electrons. The van der Waals surface area contributed by atoms with E-state index in [1.165, 1.54) is 18.2 Å². The Morgan fingerprint density at radius 2 is 1.35 bits per heavy atom. The topological polar surface area (TPSA) is 86.7 Å². The second kappa shape index (κ2) is 12.6. The van der Waals surface area contributed by atoms with Crippen molar-refractivity contribution < 1.29 is 27.5 Å². The zero-order valence-corrected chi connectivity index (χ0v) is 21.0. The first-order valence-electron chi connectivity index (χ1n) is 10.6. The molecule has 1 aromatic rings. The Morgan fingerprint density at radius 1 is 0.871 bits per heavy atom. The molecule has 0 saturated heterocycles. The van der Waals surface area contributed by atoms with Crippen LogP contribution in [0.15, 0.2) is 57.5 Å². The van der Waals surface area contributed by atoms with Gasteiger partial charge in [0, 0.05) is 12.2 Å². The van der Waals surface area contributed by atoms with Crippen LogP contribution in [0.25, 0.3) is 0 Å². The van der Waals surface area contributed by atoms with Gasteiger partial charge in [-0.1, -0.05) is 64.5 Å². The van der Waals surface area contributed by atoms with Crippen LogP contribution in [0.3, 0.4) is 0 Å². The lowest BCUT2D eigenvalue weighted by molar-refractivity contribution is -0.138. The summed E-state index contributed by atoms with van der Waals surface area (Å²) in [5, 5.41) is 0.324. The van der Waals surface area contributed by atoms with Crippen LogP contribution in [0, 0.1) is 0 Å². The summed E-state index contributed by atoms with van der Waals surface area (Å²) >= 11 is 0. The first-order chi connectivity index (χ1) is 14.5. The van der Waals surface area contributed by atoms with Gasteiger partial charge in [-0.15, -0.1) is 0 Å². The molecule has 0 bridgehead atoms. The summed E-state index contributed by atoms with van der Waals surface area (Å²) in [6.45, 7) is 10.1. The molecule has 0 N–H and O–H groups in total. The van der Waals surface area contributed by atoms with E-state index in [1.54, 1.807) is 18.2 Å². The highest BCUT2D eigenvalue weighted by atomic mass is 32.2. The fourth-order valence-corrected chi connectivity index (χ4v) is 6.68. The summed E-state index contributed by atoms with van der Waals surface area (Å²) in [6.07, 6.45) is 5.34. The van der Waals surface area contributed by atoms with E-state index in [4.69, 9.17) is 9.47 Å². The first kappa shape index (κ1) is 26.8. The molecule has 31 heavy (non-hydrogen) atoms. The Hall–Kier alpha value is -2.19. The van der Waals surface area contributed by atoms with Crippen molar-refractivity contribution in [3.05, 3.63) is 52.6 Å². The van der Waals surface area contributed by atoms with Crippen molar-refractivity contribution in [3.63, 3.8) is 0 Å². The predicted octanol–water partition coefficient (Wildman–Crippen LogP) is 4.83. The number of sulfone groups is 1. The fourth-order valence-electron chi connectivity index (χ4n) is 2.63. The Labute approximate surface area is 187 Å². The minimum Gasteiger partial charge on any atom is -0.463 e. The number of allylic oxidation sites excluding steroid dienone is 1. The largest absolute Gasteiger partial charge is 0.463 e. The first-order valence-corrected chi connectivity index (χ1v) is 15.6. The van der Waals surface area contributed by atoms with E-state index in [1.807, 2.05) is 33.5 Å². The Bertz CT molecular complexity index is 896. The van der Waals surface area contributed by atoms with Crippen LogP contribution >= 0.6 is 0 Å². The van der Waals surface area contributed by atoms with Crippen LogP contribution in [-0.4, -0.2) is 41.6 Å². The summed E-state index contributed by atoms with van der Waals surface area (Å²) < 4.78 is 37.4. The van der Waals surface area contributed by atoms with Gasteiger partial charge in [0.25, 0.3) is 0 Å². The van der Waals surface area contributed by atoms with Crippen molar-refractivity contribution in [2.75, 3.05) is 13.2 Å². The highest BCUT2D eigenvalue weighted by Gasteiger charge is 2.33. The number of unbranched alkanes of at least 4 members (excludes halogenated alkanes) is 2. The van der Waals surface area contributed by atoms with Gasteiger partial charge in [0.2, 0.25) is 9.84 Å². The molecule has 0 heterocycles. The molecular weight excluding hydrogens is 432 g/mol. The maximum atomic E-state index is 13.5. The molecule has 0 aliphatic rings. The molecule has 0 fully saturated rings. The van der Waals surface area contributed by atoms with Gasteiger partial charge in [-0.2, -0.15) is 0 Å². The number of rotatable bonds is 12. The zero-order valence-electron chi connectivity index (χ0n) is 19.1. The van der Waals surface area contributed by atoms with E-state index in [0.717, 1.165) is 25.3 Å².